The molecule has 3 aromatic carbocycles. The van der Waals surface area contributed by atoms with Gasteiger partial charge in [-0.1, -0.05) is 72.3 Å². The molecule has 0 radical (unpaired) electrons. The number of rotatable bonds is 8. The van der Waals surface area contributed by atoms with Crippen molar-refractivity contribution in [1.29, 1.82) is 0 Å². The molecule has 1 aromatic heterocycles. The molecule has 4 rings (SSSR count). The molecular formula is C29H32N2O. The van der Waals surface area contributed by atoms with Gasteiger partial charge in [0.2, 0.25) is 5.91 Å². The second-order valence-electron chi connectivity index (χ2n) is 8.90. The number of aryl methyl sites for hydroxylation is 3. The smallest absolute Gasteiger partial charge is 0.221 e. The Hall–Kier alpha value is -3.33. The van der Waals surface area contributed by atoms with E-state index in [1.807, 2.05) is 12.1 Å². The number of carbonyl (C=O) groups is 1. The predicted molar refractivity (Wildman–Crippen MR) is 133 cm³/mol. The standard InChI is InChI=1S/C29H32N2O/c1-20-13-16-24(21(2)17-20)26(27-19-30-28-12-8-7-11-25(27)28)18-29(32)31-22(3)14-15-23-9-5-4-6-10-23/h4-13,16-17,19,22,26,30H,14-15,18H2,1-3H3,(H,31,32). The average molecular weight is 425 g/mol. The first-order valence-corrected chi connectivity index (χ1v) is 11.5. The van der Waals surface area contributed by atoms with E-state index < -0.39 is 0 Å². The molecule has 2 N–H and O–H groups in total. The minimum absolute atomic E-state index is 0.00748. The number of benzene rings is 3. The van der Waals surface area contributed by atoms with Crippen molar-refractivity contribution in [2.45, 2.75) is 52.0 Å². The summed E-state index contributed by atoms with van der Waals surface area (Å²) in [6.07, 6.45) is 4.39. The Morgan fingerprint density at radius 1 is 0.938 bits per heavy atom. The second-order valence-corrected chi connectivity index (χ2v) is 8.90. The molecule has 3 heteroatoms. The van der Waals surface area contributed by atoms with Gasteiger partial charge in [-0.25, -0.2) is 0 Å². The summed E-state index contributed by atoms with van der Waals surface area (Å²) in [4.78, 5) is 16.5. The van der Waals surface area contributed by atoms with Crippen molar-refractivity contribution in [2.24, 2.45) is 0 Å². The van der Waals surface area contributed by atoms with Crippen LogP contribution in [-0.4, -0.2) is 16.9 Å². The molecule has 0 saturated heterocycles. The molecule has 0 aliphatic rings. The molecule has 3 nitrogen and oxygen atoms in total. The number of H-pyrrole nitrogens is 1. The molecule has 1 heterocycles. The number of fused-ring (bicyclic) bond motifs is 1. The van der Waals surface area contributed by atoms with Crippen LogP contribution in [0, 0.1) is 13.8 Å². The van der Waals surface area contributed by atoms with Crippen LogP contribution in [0.15, 0.2) is 79.0 Å². The van der Waals surface area contributed by atoms with E-state index in [1.54, 1.807) is 0 Å². The van der Waals surface area contributed by atoms with Gasteiger partial charge >= 0.3 is 0 Å². The number of nitrogens with one attached hydrogen (secondary N) is 2. The zero-order valence-corrected chi connectivity index (χ0v) is 19.2. The molecule has 4 aromatic rings. The van der Waals surface area contributed by atoms with Crippen molar-refractivity contribution < 1.29 is 4.79 Å². The van der Waals surface area contributed by atoms with Crippen molar-refractivity contribution in [3.05, 3.63) is 107 Å². The summed E-state index contributed by atoms with van der Waals surface area (Å²) >= 11 is 0. The molecule has 0 fully saturated rings. The monoisotopic (exact) mass is 424 g/mol. The molecule has 2 unspecified atom stereocenters. The Morgan fingerprint density at radius 2 is 1.69 bits per heavy atom. The lowest BCUT2D eigenvalue weighted by molar-refractivity contribution is -0.121. The Kier molecular flexibility index (Phi) is 6.75. The van der Waals surface area contributed by atoms with Crippen LogP contribution in [0.1, 0.15) is 53.5 Å². The third-order valence-electron chi connectivity index (χ3n) is 6.30. The lowest BCUT2D eigenvalue weighted by atomic mass is 9.85. The van der Waals surface area contributed by atoms with Gasteiger partial charge in [0.25, 0.3) is 0 Å². The fourth-order valence-electron chi connectivity index (χ4n) is 4.61. The summed E-state index contributed by atoms with van der Waals surface area (Å²) in [6, 6.07) is 25.4. The van der Waals surface area contributed by atoms with E-state index in [-0.39, 0.29) is 17.9 Å². The highest BCUT2D eigenvalue weighted by Crippen LogP contribution is 2.35. The van der Waals surface area contributed by atoms with Gasteiger partial charge in [0, 0.05) is 35.5 Å². The van der Waals surface area contributed by atoms with Gasteiger partial charge < -0.3 is 10.3 Å². The maximum atomic E-state index is 13.1. The van der Waals surface area contributed by atoms with Crippen LogP contribution in [-0.2, 0) is 11.2 Å². The normalized spacial score (nSPS) is 13.1. The highest BCUT2D eigenvalue weighted by molar-refractivity contribution is 5.86. The van der Waals surface area contributed by atoms with Crippen LogP contribution >= 0.6 is 0 Å². The largest absolute Gasteiger partial charge is 0.361 e. The molecule has 0 aliphatic carbocycles. The van der Waals surface area contributed by atoms with Crippen LogP contribution in [0.2, 0.25) is 0 Å². The number of aromatic nitrogens is 1. The molecular weight excluding hydrogens is 392 g/mol. The van der Waals surface area contributed by atoms with E-state index in [0.29, 0.717) is 6.42 Å². The highest BCUT2D eigenvalue weighted by atomic mass is 16.1. The Morgan fingerprint density at radius 3 is 2.47 bits per heavy atom. The van der Waals surface area contributed by atoms with E-state index in [9.17, 15) is 4.79 Å². The molecule has 2 atom stereocenters. The highest BCUT2D eigenvalue weighted by Gasteiger charge is 2.23. The summed E-state index contributed by atoms with van der Waals surface area (Å²) in [5.74, 6) is 0.105. The molecule has 0 saturated carbocycles. The Bertz CT molecular complexity index is 1190. The van der Waals surface area contributed by atoms with E-state index in [2.05, 4.69) is 97.9 Å². The van der Waals surface area contributed by atoms with Crippen molar-refractivity contribution in [3.8, 4) is 0 Å². The summed E-state index contributed by atoms with van der Waals surface area (Å²) in [5.41, 5.74) is 7.27. The van der Waals surface area contributed by atoms with E-state index in [4.69, 9.17) is 0 Å². The predicted octanol–water partition coefficient (Wildman–Crippen LogP) is 6.44. The maximum Gasteiger partial charge on any atom is 0.221 e. The third-order valence-corrected chi connectivity index (χ3v) is 6.30. The lowest BCUT2D eigenvalue weighted by Crippen LogP contribution is -2.34. The number of carbonyl (C=O) groups excluding carboxylic acids is 1. The number of amides is 1. The molecule has 1 amide bonds. The number of hydrogen-bond donors (Lipinski definition) is 2. The average Bonchev–Trinajstić information content (AvgIpc) is 3.21. The summed E-state index contributed by atoms with van der Waals surface area (Å²) in [7, 11) is 0. The quantitative estimate of drug-likeness (QED) is 0.336. The molecule has 0 bridgehead atoms. The van der Waals surface area contributed by atoms with Crippen molar-refractivity contribution in [1.82, 2.24) is 10.3 Å². The van der Waals surface area contributed by atoms with Gasteiger partial charge in [-0.15, -0.1) is 0 Å². The first kappa shape index (κ1) is 21.9. The molecule has 164 valence electrons. The summed E-state index contributed by atoms with van der Waals surface area (Å²) in [6.45, 7) is 6.35. The molecule has 32 heavy (non-hydrogen) atoms. The van der Waals surface area contributed by atoms with Gasteiger partial charge in [-0.05, 0) is 61.9 Å². The van der Waals surface area contributed by atoms with Crippen molar-refractivity contribution in [3.63, 3.8) is 0 Å². The summed E-state index contributed by atoms with van der Waals surface area (Å²) in [5, 5.41) is 4.42. The summed E-state index contributed by atoms with van der Waals surface area (Å²) < 4.78 is 0. The second kappa shape index (κ2) is 9.86. The topological polar surface area (TPSA) is 44.9 Å². The third kappa shape index (κ3) is 5.11. The van der Waals surface area contributed by atoms with Crippen molar-refractivity contribution >= 4 is 16.8 Å². The zero-order valence-electron chi connectivity index (χ0n) is 19.2. The molecule has 0 aliphatic heterocycles. The van der Waals surface area contributed by atoms with E-state index >= 15 is 0 Å². The van der Waals surface area contributed by atoms with E-state index in [1.165, 1.54) is 33.2 Å². The maximum absolute atomic E-state index is 13.1. The number of hydrogen-bond acceptors (Lipinski definition) is 1. The van der Waals surface area contributed by atoms with Gasteiger partial charge in [-0.3, -0.25) is 4.79 Å². The first-order valence-electron chi connectivity index (χ1n) is 11.5. The Balaban J connectivity index is 1.53. The number of para-hydroxylation sites is 1. The van der Waals surface area contributed by atoms with Crippen LogP contribution in [0.25, 0.3) is 10.9 Å². The fraction of sp³-hybridized carbons (Fsp3) is 0.276. The zero-order chi connectivity index (χ0) is 22.5. The lowest BCUT2D eigenvalue weighted by Gasteiger charge is -2.21. The van der Waals surface area contributed by atoms with Gasteiger partial charge in [0.05, 0.1) is 0 Å². The van der Waals surface area contributed by atoms with Gasteiger partial charge in [0.1, 0.15) is 0 Å². The minimum Gasteiger partial charge on any atom is -0.361 e. The number of aromatic amines is 1. The van der Waals surface area contributed by atoms with Crippen LogP contribution in [0.4, 0.5) is 0 Å². The van der Waals surface area contributed by atoms with Gasteiger partial charge in [0.15, 0.2) is 0 Å². The van der Waals surface area contributed by atoms with Crippen LogP contribution in [0.5, 0.6) is 0 Å². The minimum atomic E-state index is 0.00748. The fourth-order valence-corrected chi connectivity index (χ4v) is 4.61. The van der Waals surface area contributed by atoms with Crippen LogP contribution < -0.4 is 5.32 Å². The SMILES string of the molecule is Cc1ccc(C(CC(=O)NC(C)CCc2ccccc2)c2c[nH]c3ccccc23)c(C)c1. The van der Waals surface area contributed by atoms with Crippen LogP contribution in [0.3, 0.4) is 0 Å². The Labute approximate surface area is 190 Å². The molecule has 0 spiro atoms. The van der Waals surface area contributed by atoms with Gasteiger partial charge in [-0.2, -0.15) is 0 Å². The van der Waals surface area contributed by atoms with E-state index in [0.717, 1.165) is 18.4 Å². The van der Waals surface area contributed by atoms with Crippen molar-refractivity contribution in [2.75, 3.05) is 0 Å². The first-order chi connectivity index (χ1) is 15.5.